The number of nitrogens with zero attached hydrogens (tertiary/aromatic N) is 1. The third-order valence-corrected chi connectivity index (χ3v) is 6.04. The number of anilines is 1. The van der Waals surface area contributed by atoms with Crippen molar-refractivity contribution in [2.45, 2.75) is 31.7 Å². The second kappa shape index (κ2) is 6.51. The minimum Gasteiger partial charge on any atom is -0.361 e. The predicted octanol–water partition coefficient (Wildman–Crippen LogP) is 3.20. The Bertz CT molecular complexity index is 766. The molecule has 1 saturated carbocycles. The van der Waals surface area contributed by atoms with Crippen LogP contribution >= 0.6 is 11.8 Å². The van der Waals surface area contributed by atoms with Crippen molar-refractivity contribution in [1.29, 1.82) is 0 Å². The Morgan fingerprint density at radius 1 is 1.21 bits per heavy atom. The average Bonchev–Trinajstić information content (AvgIpc) is 3.33. The van der Waals surface area contributed by atoms with Gasteiger partial charge >= 0.3 is 0 Å². The molecule has 5 nitrogen and oxygen atoms in total. The highest BCUT2D eigenvalue weighted by Crippen LogP contribution is 2.31. The van der Waals surface area contributed by atoms with Crippen LogP contribution in [0.5, 0.6) is 0 Å². The van der Waals surface area contributed by atoms with Gasteiger partial charge in [-0.25, -0.2) is 0 Å². The first-order valence-electron chi connectivity index (χ1n) is 8.49. The van der Waals surface area contributed by atoms with Crippen molar-refractivity contribution in [3.05, 3.63) is 30.5 Å². The Morgan fingerprint density at radius 3 is 2.88 bits per heavy atom. The maximum Gasteiger partial charge on any atom is 0.248 e. The van der Waals surface area contributed by atoms with E-state index in [4.69, 9.17) is 0 Å². The molecule has 0 bridgehead atoms. The van der Waals surface area contributed by atoms with Crippen LogP contribution in [0.3, 0.4) is 0 Å². The molecule has 126 valence electrons. The van der Waals surface area contributed by atoms with E-state index in [1.807, 2.05) is 30.5 Å². The zero-order valence-corrected chi connectivity index (χ0v) is 14.3. The number of rotatable bonds is 3. The molecule has 0 spiro atoms. The molecule has 1 aliphatic carbocycles. The minimum atomic E-state index is -0.364. The summed E-state index contributed by atoms with van der Waals surface area (Å²) in [5.41, 5.74) is 1.79. The van der Waals surface area contributed by atoms with Crippen molar-refractivity contribution in [2.24, 2.45) is 5.92 Å². The van der Waals surface area contributed by atoms with Crippen LogP contribution in [0.15, 0.2) is 30.5 Å². The summed E-state index contributed by atoms with van der Waals surface area (Å²) in [6.07, 6.45) is 6.06. The first kappa shape index (κ1) is 15.6. The van der Waals surface area contributed by atoms with E-state index in [1.165, 1.54) is 0 Å². The number of benzene rings is 1. The second-order valence-electron chi connectivity index (χ2n) is 6.54. The molecule has 24 heavy (non-hydrogen) atoms. The lowest BCUT2D eigenvalue weighted by Gasteiger charge is -2.25. The summed E-state index contributed by atoms with van der Waals surface area (Å²) in [5, 5.41) is 4.01. The summed E-state index contributed by atoms with van der Waals surface area (Å²) in [6.45, 7) is 0. The van der Waals surface area contributed by atoms with Crippen LogP contribution in [0, 0.1) is 5.92 Å². The first-order chi connectivity index (χ1) is 11.7. The van der Waals surface area contributed by atoms with Crippen molar-refractivity contribution in [1.82, 2.24) is 9.88 Å². The van der Waals surface area contributed by atoms with Crippen molar-refractivity contribution in [3.8, 4) is 0 Å². The molecule has 4 rings (SSSR count). The van der Waals surface area contributed by atoms with Gasteiger partial charge in [0.2, 0.25) is 11.8 Å². The van der Waals surface area contributed by atoms with Crippen LogP contribution in [0.1, 0.15) is 25.7 Å². The Morgan fingerprint density at radius 2 is 2.04 bits per heavy atom. The summed E-state index contributed by atoms with van der Waals surface area (Å²) in [4.78, 5) is 30.4. The van der Waals surface area contributed by atoms with E-state index in [2.05, 4.69) is 10.3 Å². The lowest BCUT2D eigenvalue weighted by molar-refractivity contribution is -0.139. The Balaban J connectivity index is 1.50. The quantitative estimate of drug-likeness (QED) is 0.899. The maximum atomic E-state index is 12.8. The number of hydrogen-bond acceptors (Lipinski definition) is 3. The number of thioether (sulfide) groups is 1. The van der Waals surface area contributed by atoms with Gasteiger partial charge in [0.15, 0.2) is 0 Å². The highest BCUT2D eigenvalue weighted by molar-refractivity contribution is 7.99. The zero-order valence-electron chi connectivity index (χ0n) is 13.5. The van der Waals surface area contributed by atoms with Gasteiger partial charge < -0.3 is 15.2 Å². The smallest absolute Gasteiger partial charge is 0.248 e. The van der Waals surface area contributed by atoms with E-state index in [-0.39, 0.29) is 23.8 Å². The Hall–Kier alpha value is -1.95. The molecular weight excluding hydrogens is 322 g/mol. The number of aromatic amines is 1. The number of hydrogen-bond donors (Lipinski definition) is 2. The van der Waals surface area contributed by atoms with E-state index < -0.39 is 0 Å². The Kier molecular flexibility index (Phi) is 4.22. The van der Waals surface area contributed by atoms with Gasteiger partial charge in [-0.05, 0) is 31.0 Å². The fraction of sp³-hybridized carbons (Fsp3) is 0.444. The molecule has 0 unspecified atom stereocenters. The molecule has 1 aromatic carbocycles. The van der Waals surface area contributed by atoms with Gasteiger partial charge in [0.1, 0.15) is 6.04 Å². The molecule has 2 fully saturated rings. The number of H-pyrrole nitrogens is 1. The molecule has 1 aliphatic heterocycles. The molecule has 1 atom stereocenters. The summed E-state index contributed by atoms with van der Waals surface area (Å²) in [6, 6.07) is 7.39. The van der Waals surface area contributed by atoms with E-state index in [0.717, 1.165) is 42.3 Å². The third-order valence-electron chi connectivity index (χ3n) is 5.03. The molecule has 1 saturated heterocycles. The number of carbonyl (C=O) groups excluding carboxylic acids is 2. The average molecular weight is 343 g/mol. The fourth-order valence-electron chi connectivity index (χ4n) is 3.69. The molecule has 6 heteroatoms. The van der Waals surface area contributed by atoms with Gasteiger partial charge in [0.25, 0.3) is 0 Å². The molecule has 0 radical (unpaired) electrons. The van der Waals surface area contributed by atoms with E-state index >= 15 is 0 Å². The lowest BCUT2D eigenvalue weighted by Crippen LogP contribution is -2.46. The highest BCUT2D eigenvalue weighted by Gasteiger charge is 2.38. The zero-order chi connectivity index (χ0) is 16.5. The largest absolute Gasteiger partial charge is 0.361 e. The van der Waals surface area contributed by atoms with E-state index in [0.29, 0.717) is 11.6 Å². The SMILES string of the molecule is O=C(Nc1cccc2[nH]ccc12)[C@@H]1CSCN1C(=O)C1CCCC1. The van der Waals surface area contributed by atoms with E-state index in [9.17, 15) is 9.59 Å². The molecule has 2 N–H and O–H groups in total. The standard InChI is InChI=1S/C18H21N3O2S/c22-17(20-15-7-3-6-14-13(15)8-9-19-14)16-10-24-11-21(16)18(23)12-4-1-2-5-12/h3,6-9,12,16,19H,1-2,4-5,10-11H2,(H,20,22)/t16-/m0/s1. The lowest BCUT2D eigenvalue weighted by atomic mass is 10.1. The molecule has 2 aromatic rings. The van der Waals surface area contributed by atoms with Crippen LogP contribution in [-0.4, -0.2) is 39.4 Å². The minimum absolute atomic E-state index is 0.0833. The molecular formula is C18H21N3O2S. The van der Waals surface area contributed by atoms with Gasteiger partial charge in [-0.1, -0.05) is 18.9 Å². The van der Waals surface area contributed by atoms with Crippen LogP contribution in [0.4, 0.5) is 5.69 Å². The summed E-state index contributed by atoms with van der Waals surface area (Å²) >= 11 is 1.66. The number of nitrogens with one attached hydrogen (secondary N) is 2. The number of carbonyl (C=O) groups is 2. The summed E-state index contributed by atoms with van der Waals surface area (Å²) in [7, 11) is 0. The van der Waals surface area contributed by atoms with Crippen molar-refractivity contribution < 1.29 is 9.59 Å². The Labute approximate surface area is 145 Å². The molecule has 1 aromatic heterocycles. The fourth-order valence-corrected chi connectivity index (χ4v) is 4.86. The van der Waals surface area contributed by atoms with Crippen LogP contribution in [0.2, 0.25) is 0 Å². The van der Waals surface area contributed by atoms with Crippen LogP contribution in [0.25, 0.3) is 10.9 Å². The number of amides is 2. The van der Waals surface area contributed by atoms with Crippen molar-refractivity contribution in [3.63, 3.8) is 0 Å². The maximum absolute atomic E-state index is 12.8. The van der Waals surface area contributed by atoms with Crippen molar-refractivity contribution in [2.75, 3.05) is 16.9 Å². The number of fused-ring (bicyclic) bond motifs is 1. The second-order valence-corrected chi connectivity index (χ2v) is 7.54. The van der Waals surface area contributed by atoms with Crippen LogP contribution < -0.4 is 5.32 Å². The molecule has 2 heterocycles. The molecule has 2 aliphatic rings. The van der Waals surface area contributed by atoms with Gasteiger partial charge in [0.05, 0.1) is 11.6 Å². The van der Waals surface area contributed by atoms with Gasteiger partial charge in [-0.15, -0.1) is 11.8 Å². The van der Waals surface area contributed by atoms with Gasteiger partial charge in [-0.3, -0.25) is 9.59 Å². The number of aromatic nitrogens is 1. The predicted molar refractivity (Wildman–Crippen MR) is 96.8 cm³/mol. The third kappa shape index (κ3) is 2.79. The molecule has 2 amide bonds. The van der Waals surface area contributed by atoms with Gasteiger partial charge in [0, 0.05) is 28.8 Å². The first-order valence-corrected chi connectivity index (χ1v) is 9.65. The van der Waals surface area contributed by atoms with Crippen LogP contribution in [-0.2, 0) is 9.59 Å². The summed E-state index contributed by atoms with van der Waals surface area (Å²) in [5.74, 6) is 1.50. The topological polar surface area (TPSA) is 65.2 Å². The van der Waals surface area contributed by atoms with Gasteiger partial charge in [-0.2, -0.15) is 0 Å². The normalized spacial score (nSPS) is 21.5. The highest BCUT2D eigenvalue weighted by atomic mass is 32.2. The monoisotopic (exact) mass is 343 g/mol. The van der Waals surface area contributed by atoms with E-state index in [1.54, 1.807) is 16.7 Å². The van der Waals surface area contributed by atoms with Crippen molar-refractivity contribution >= 4 is 40.2 Å². The summed E-state index contributed by atoms with van der Waals surface area (Å²) < 4.78 is 0.